The summed E-state index contributed by atoms with van der Waals surface area (Å²) in [5, 5.41) is 33.1. The lowest BCUT2D eigenvalue weighted by atomic mass is 10.1. The number of carboxylic acids is 2. The van der Waals surface area contributed by atoms with Crippen molar-refractivity contribution < 1.29 is 34.3 Å². The third-order valence-electron chi connectivity index (χ3n) is 5.56. The van der Waals surface area contributed by atoms with Crippen molar-refractivity contribution >= 4 is 34.9 Å². The molecule has 1 aromatic heterocycles. The highest BCUT2D eigenvalue weighted by Crippen LogP contribution is 2.32. The average Bonchev–Trinajstić information content (AvgIpc) is 3.44. The number of rotatable bonds is 6. The number of ether oxygens (including phenoxy) is 1. The largest absolute Gasteiger partial charge is 0.495 e. The summed E-state index contributed by atoms with van der Waals surface area (Å²) in [7, 11) is 3.70. The van der Waals surface area contributed by atoms with E-state index < -0.39 is 22.8 Å². The molecule has 4 rings (SSSR count). The third kappa shape index (κ3) is 6.79. The van der Waals surface area contributed by atoms with E-state index in [1.165, 1.54) is 35.5 Å². The molecule has 2 aromatic carbocycles. The van der Waals surface area contributed by atoms with Gasteiger partial charge in [0.2, 0.25) is 0 Å². The number of amides is 1. The highest BCUT2D eigenvalue weighted by Gasteiger charge is 2.21. The summed E-state index contributed by atoms with van der Waals surface area (Å²) in [6, 6.07) is 9.64. The molecule has 0 atom stereocenters. The number of anilines is 2. The summed E-state index contributed by atoms with van der Waals surface area (Å²) in [5.41, 5.74) is 1.62. The predicted octanol–water partition coefficient (Wildman–Crippen LogP) is 1.34. The van der Waals surface area contributed by atoms with Crippen LogP contribution < -0.4 is 15.0 Å². The van der Waals surface area contributed by atoms with Crippen LogP contribution in [-0.2, 0) is 9.59 Å². The van der Waals surface area contributed by atoms with Gasteiger partial charge in [-0.2, -0.15) is 5.10 Å². The minimum absolute atomic E-state index is 0.164. The van der Waals surface area contributed by atoms with Crippen LogP contribution in [-0.4, -0.2) is 93.0 Å². The van der Waals surface area contributed by atoms with Crippen LogP contribution in [0, 0.1) is 10.1 Å². The molecule has 0 unspecified atom stereocenters. The van der Waals surface area contributed by atoms with Crippen molar-refractivity contribution in [3.8, 4) is 11.4 Å². The van der Waals surface area contributed by atoms with Gasteiger partial charge in [-0.25, -0.2) is 19.3 Å². The van der Waals surface area contributed by atoms with Crippen molar-refractivity contribution in [3.63, 3.8) is 0 Å². The lowest BCUT2D eigenvalue weighted by molar-refractivity contribution is -0.384. The number of methoxy groups -OCH3 is 1. The van der Waals surface area contributed by atoms with Crippen LogP contribution in [0.2, 0.25) is 0 Å². The number of carbonyl (C=O) groups is 3. The second kappa shape index (κ2) is 12.3. The van der Waals surface area contributed by atoms with E-state index in [1.54, 1.807) is 19.2 Å². The first kappa shape index (κ1) is 27.5. The minimum atomic E-state index is -1.82. The standard InChI is InChI=1S/C21H23N7O4.C2H2O4/c1-25-7-9-26(10-8-25)19-12-16(4-6-20(19)32-2)24-21(29)15-3-5-17(18(11-15)28(30)31)27-14-22-13-23-27;3-1(4)2(5)6/h3-6,11-14H,7-10H2,1-2H3,(H,24,29);(H,3,4)(H,5,6). The van der Waals surface area contributed by atoms with Gasteiger partial charge in [-0.05, 0) is 37.4 Å². The Morgan fingerprint density at radius 2 is 1.71 bits per heavy atom. The SMILES string of the molecule is COc1ccc(NC(=O)c2ccc(-n3cncn3)c([N+](=O)[O-])c2)cc1N1CCN(C)CC1.O=C(O)C(=O)O. The number of nitro benzene ring substituents is 1. The molecule has 1 fully saturated rings. The molecule has 0 saturated carbocycles. The number of aromatic nitrogens is 3. The van der Waals surface area contributed by atoms with E-state index >= 15 is 0 Å². The van der Waals surface area contributed by atoms with E-state index in [-0.39, 0.29) is 16.9 Å². The zero-order chi connectivity index (χ0) is 27.8. The topological polar surface area (TPSA) is 193 Å². The number of aliphatic carboxylic acids is 2. The first-order valence-electron chi connectivity index (χ1n) is 11.1. The molecule has 3 aromatic rings. The molecule has 0 radical (unpaired) electrons. The molecule has 1 aliphatic rings. The number of hydrogen-bond acceptors (Lipinski definition) is 10. The first-order chi connectivity index (χ1) is 18.1. The number of hydrogen-bond donors (Lipinski definition) is 3. The van der Waals surface area contributed by atoms with Crippen molar-refractivity contribution in [1.82, 2.24) is 19.7 Å². The molecule has 15 heteroatoms. The Hall–Kier alpha value is -5.05. The minimum Gasteiger partial charge on any atom is -0.495 e. The number of nitro groups is 1. The maximum Gasteiger partial charge on any atom is 0.414 e. The molecule has 2 heterocycles. The van der Waals surface area contributed by atoms with Crippen LogP contribution in [0.25, 0.3) is 5.69 Å². The van der Waals surface area contributed by atoms with Crippen LogP contribution in [0.15, 0.2) is 49.1 Å². The predicted molar refractivity (Wildman–Crippen MR) is 134 cm³/mol. The number of benzene rings is 2. The fourth-order valence-corrected chi connectivity index (χ4v) is 3.60. The van der Waals surface area contributed by atoms with E-state index in [1.807, 2.05) is 6.07 Å². The van der Waals surface area contributed by atoms with Gasteiger partial charge < -0.3 is 30.1 Å². The molecule has 0 spiro atoms. The molecule has 3 N–H and O–H groups in total. The van der Waals surface area contributed by atoms with Gasteiger partial charge in [0.1, 0.15) is 24.1 Å². The Balaban J connectivity index is 0.000000599. The van der Waals surface area contributed by atoms with Gasteiger partial charge in [-0.3, -0.25) is 14.9 Å². The smallest absolute Gasteiger partial charge is 0.414 e. The van der Waals surface area contributed by atoms with Crippen LogP contribution >= 0.6 is 0 Å². The summed E-state index contributed by atoms with van der Waals surface area (Å²) < 4.78 is 6.79. The second-order valence-corrected chi connectivity index (χ2v) is 8.04. The van der Waals surface area contributed by atoms with Crippen LogP contribution in [0.5, 0.6) is 5.75 Å². The van der Waals surface area contributed by atoms with Gasteiger partial charge in [0.25, 0.3) is 11.6 Å². The van der Waals surface area contributed by atoms with E-state index in [0.717, 1.165) is 37.6 Å². The molecule has 1 amide bonds. The zero-order valence-corrected chi connectivity index (χ0v) is 20.5. The highest BCUT2D eigenvalue weighted by molar-refractivity contribution is 6.27. The Morgan fingerprint density at radius 1 is 1.03 bits per heavy atom. The van der Waals surface area contributed by atoms with Crippen LogP contribution in [0.1, 0.15) is 10.4 Å². The number of carbonyl (C=O) groups excluding carboxylic acids is 1. The molecule has 0 aliphatic carbocycles. The van der Waals surface area contributed by atoms with Gasteiger partial charge in [0, 0.05) is 43.5 Å². The molecule has 0 bridgehead atoms. The van der Waals surface area contributed by atoms with Crippen molar-refractivity contribution in [3.05, 3.63) is 64.7 Å². The number of likely N-dealkylation sites (N-methyl/N-ethyl adjacent to an activating group) is 1. The zero-order valence-electron chi connectivity index (χ0n) is 20.5. The Labute approximate surface area is 216 Å². The summed E-state index contributed by atoms with van der Waals surface area (Å²) >= 11 is 0. The molecule has 200 valence electrons. The summed E-state index contributed by atoms with van der Waals surface area (Å²) in [6.07, 6.45) is 2.64. The van der Waals surface area contributed by atoms with Crippen molar-refractivity contribution in [2.45, 2.75) is 0 Å². The molecule has 15 nitrogen and oxygen atoms in total. The molecule has 1 saturated heterocycles. The summed E-state index contributed by atoms with van der Waals surface area (Å²) in [5.74, 6) is -3.38. The second-order valence-electron chi connectivity index (χ2n) is 8.04. The van der Waals surface area contributed by atoms with Crippen molar-refractivity contribution in [2.24, 2.45) is 0 Å². The molecular formula is C23H25N7O8. The van der Waals surface area contributed by atoms with Gasteiger partial charge >= 0.3 is 11.9 Å². The maximum atomic E-state index is 12.9. The van der Waals surface area contributed by atoms with Crippen molar-refractivity contribution in [2.75, 3.05) is 50.6 Å². The summed E-state index contributed by atoms with van der Waals surface area (Å²) in [4.78, 5) is 50.3. The van der Waals surface area contributed by atoms with Crippen LogP contribution in [0.3, 0.4) is 0 Å². The number of piperazine rings is 1. The molecule has 1 aliphatic heterocycles. The Kier molecular flexibility index (Phi) is 8.89. The van der Waals surface area contributed by atoms with Gasteiger partial charge in [-0.1, -0.05) is 0 Å². The number of nitrogens with one attached hydrogen (secondary N) is 1. The van der Waals surface area contributed by atoms with E-state index in [4.69, 9.17) is 24.5 Å². The fourth-order valence-electron chi connectivity index (χ4n) is 3.60. The quantitative estimate of drug-likeness (QED) is 0.237. The normalized spacial score (nSPS) is 13.2. The van der Waals surface area contributed by atoms with Gasteiger partial charge in [-0.15, -0.1) is 0 Å². The van der Waals surface area contributed by atoms with E-state index in [0.29, 0.717) is 5.69 Å². The Morgan fingerprint density at radius 3 is 2.26 bits per heavy atom. The maximum absolute atomic E-state index is 12.9. The lowest BCUT2D eigenvalue weighted by Crippen LogP contribution is -2.44. The average molecular weight is 527 g/mol. The molecule has 38 heavy (non-hydrogen) atoms. The van der Waals surface area contributed by atoms with Gasteiger partial charge in [0.15, 0.2) is 0 Å². The van der Waals surface area contributed by atoms with E-state index in [9.17, 15) is 14.9 Å². The third-order valence-corrected chi connectivity index (χ3v) is 5.56. The highest BCUT2D eigenvalue weighted by atomic mass is 16.6. The summed E-state index contributed by atoms with van der Waals surface area (Å²) in [6.45, 7) is 3.56. The molecular weight excluding hydrogens is 502 g/mol. The number of nitrogens with zero attached hydrogens (tertiary/aromatic N) is 6. The van der Waals surface area contributed by atoms with Crippen molar-refractivity contribution in [1.29, 1.82) is 0 Å². The number of carboxylic acid groups (broad SMARTS) is 2. The first-order valence-corrected chi connectivity index (χ1v) is 11.1. The van der Waals surface area contributed by atoms with Crippen LogP contribution in [0.4, 0.5) is 17.1 Å². The van der Waals surface area contributed by atoms with Gasteiger partial charge in [0.05, 0.1) is 17.7 Å². The monoisotopic (exact) mass is 527 g/mol. The lowest BCUT2D eigenvalue weighted by Gasteiger charge is -2.34. The van der Waals surface area contributed by atoms with E-state index in [2.05, 4.69) is 32.2 Å². The fraction of sp³-hybridized carbons (Fsp3) is 0.261. The Bertz CT molecular complexity index is 1310.